The third kappa shape index (κ3) is 8.94. The summed E-state index contributed by atoms with van der Waals surface area (Å²) >= 11 is 0. The molecule has 0 spiro atoms. The Labute approximate surface area is 528 Å². The lowest BCUT2D eigenvalue weighted by molar-refractivity contribution is 0.0877. The molecule has 0 atom stereocenters. The van der Waals surface area contributed by atoms with Gasteiger partial charge in [-0.3, -0.25) is 19.2 Å². The minimum absolute atomic E-state index is 0.00576. The van der Waals surface area contributed by atoms with Gasteiger partial charge < -0.3 is 9.47 Å². The van der Waals surface area contributed by atoms with Crippen LogP contribution >= 0.6 is 0 Å². The summed E-state index contributed by atoms with van der Waals surface area (Å²) in [6, 6.07) is 75.9. The number of aryl methyl sites for hydroxylation is 1. The van der Waals surface area contributed by atoms with E-state index >= 15 is 19.2 Å². The number of para-hydroxylation sites is 4. The van der Waals surface area contributed by atoms with E-state index in [-0.39, 0.29) is 28.9 Å². The number of anilines is 2. The number of fused-ring (bicyclic) bond motifs is 2. The first kappa shape index (κ1) is 56.5. The lowest BCUT2D eigenvalue weighted by Gasteiger charge is -2.34. The van der Waals surface area contributed by atoms with Gasteiger partial charge in [-0.1, -0.05) is 255 Å². The molecule has 2 aliphatic heterocycles. The number of carbonyl (C=O) groups is 4. The van der Waals surface area contributed by atoms with E-state index in [9.17, 15) is 0 Å². The molecular formula is C83H64N2O6. The fourth-order valence-electron chi connectivity index (χ4n) is 14.3. The van der Waals surface area contributed by atoms with Crippen LogP contribution in [-0.4, -0.2) is 23.6 Å². The molecule has 4 amide bonds. The summed E-state index contributed by atoms with van der Waals surface area (Å²) in [5.74, 6) is -0.255. The Morgan fingerprint density at radius 1 is 0.308 bits per heavy atom. The van der Waals surface area contributed by atoms with Crippen molar-refractivity contribution in [1.29, 1.82) is 0 Å². The molecule has 2 aliphatic rings. The van der Waals surface area contributed by atoms with Crippen molar-refractivity contribution in [2.24, 2.45) is 0 Å². The lowest BCUT2D eigenvalue weighted by Crippen LogP contribution is -2.42. The molecular weight excluding hydrogens is 1120 g/mol. The summed E-state index contributed by atoms with van der Waals surface area (Å²) in [5, 5.41) is 4.57. The number of carbonyl (C=O) groups excluding carboxylic acids is 4. The van der Waals surface area contributed by atoms with Gasteiger partial charge in [0.2, 0.25) is 0 Å². The summed E-state index contributed by atoms with van der Waals surface area (Å²) in [5.41, 5.74) is 12.8. The topological polar surface area (TPSA) is 93.2 Å². The highest BCUT2D eigenvalue weighted by Gasteiger charge is 2.43. The Balaban J connectivity index is 1.12. The van der Waals surface area contributed by atoms with Crippen LogP contribution in [0.5, 0.6) is 23.0 Å². The standard InChI is InChI=1S/C83H64N2O6/c1-8-50-33-21-34-55(47(2)3)76(50)84-80(86)64-43-41-62-70-63(42-44-65(71(64)70)81(84)87)74-69(91-79-60(53-29-17-11-18-30-53)39-24-40-61(79)54-31-19-12-20-32-54)46-67-72-66(82(88)85(83(67)89)77-56(48(4)5)35-22-36-57(77)49(6)7)45-68(73(62)75(72)74)90-78-58(51-25-13-9-14-26-51)37-23-38-59(78)52-27-15-10-16-28-52/h9-49H,8H2,1-7H3. The zero-order valence-electron chi connectivity index (χ0n) is 51.7. The monoisotopic (exact) mass is 1180 g/mol. The van der Waals surface area contributed by atoms with Gasteiger partial charge in [-0.2, -0.15) is 0 Å². The molecule has 0 bridgehead atoms. The third-order valence-corrected chi connectivity index (χ3v) is 18.5. The molecule has 0 aliphatic carbocycles. The second kappa shape index (κ2) is 22.3. The average Bonchev–Trinajstić information content (AvgIpc) is 0.689. The first-order valence-corrected chi connectivity index (χ1v) is 31.5. The fraction of sp³-hybridized carbons (Fsp3) is 0.133. The van der Waals surface area contributed by atoms with Crippen molar-refractivity contribution in [1.82, 2.24) is 0 Å². The zero-order valence-corrected chi connectivity index (χ0v) is 51.7. The largest absolute Gasteiger partial charge is 0.455 e. The molecule has 0 saturated carbocycles. The Morgan fingerprint density at radius 3 is 1.01 bits per heavy atom. The maximum Gasteiger partial charge on any atom is 0.266 e. The molecule has 0 N–H and O–H groups in total. The van der Waals surface area contributed by atoms with Gasteiger partial charge in [0, 0.05) is 60.3 Å². The highest BCUT2D eigenvalue weighted by Crippen LogP contribution is 2.56. The van der Waals surface area contributed by atoms with Gasteiger partial charge in [0.1, 0.15) is 23.0 Å². The number of hydrogen-bond acceptors (Lipinski definition) is 6. The summed E-state index contributed by atoms with van der Waals surface area (Å²) in [6.07, 6.45) is 0.605. The fourth-order valence-corrected chi connectivity index (χ4v) is 14.3. The molecule has 13 aromatic carbocycles. The van der Waals surface area contributed by atoms with E-state index in [2.05, 4.69) is 90.1 Å². The van der Waals surface area contributed by atoms with Crippen LogP contribution in [0.1, 0.15) is 130 Å². The Kier molecular flexibility index (Phi) is 13.8. The van der Waals surface area contributed by atoms with E-state index in [1.165, 1.54) is 9.80 Å². The van der Waals surface area contributed by atoms with Crippen molar-refractivity contribution in [3.63, 3.8) is 0 Å². The van der Waals surface area contributed by atoms with Crippen LogP contribution in [0.25, 0.3) is 87.6 Å². The van der Waals surface area contributed by atoms with Crippen molar-refractivity contribution >= 4 is 78.1 Å². The van der Waals surface area contributed by atoms with Crippen LogP contribution in [0.3, 0.4) is 0 Å². The van der Waals surface area contributed by atoms with Gasteiger partial charge in [0.25, 0.3) is 23.6 Å². The number of imide groups is 2. The molecule has 0 radical (unpaired) electrons. The molecule has 442 valence electrons. The average molecular weight is 1190 g/mol. The van der Waals surface area contributed by atoms with Crippen molar-refractivity contribution in [3.05, 3.63) is 275 Å². The molecule has 0 aromatic heterocycles. The third-order valence-electron chi connectivity index (χ3n) is 18.5. The Bertz CT molecular complexity index is 4750. The van der Waals surface area contributed by atoms with E-state index in [0.29, 0.717) is 95.0 Å². The Hall–Kier alpha value is -11.0. The maximum atomic E-state index is 16.5. The van der Waals surface area contributed by atoms with Crippen LogP contribution < -0.4 is 19.3 Å². The number of hydrogen-bond donors (Lipinski definition) is 0. The predicted octanol–water partition coefficient (Wildman–Crippen LogP) is 21.5. The Morgan fingerprint density at radius 2 is 0.637 bits per heavy atom. The zero-order chi connectivity index (χ0) is 62.5. The number of amides is 4. The van der Waals surface area contributed by atoms with Crippen molar-refractivity contribution < 1.29 is 28.7 Å². The van der Waals surface area contributed by atoms with Gasteiger partial charge in [-0.25, -0.2) is 9.80 Å². The summed E-state index contributed by atoms with van der Waals surface area (Å²) in [7, 11) is 0. The minimum atomic E-state index is -0.496. The SMILES string of the molecule is CCc1cccc(C(C)C)c1N1C(=O)c2ccc3c4c(Oc5c(-c6ccccc6)cccc5-c5ccccc5)cc5c6c(cc(Oc7c(-c8ccccc8)cccc7-c7ccccc7)c(c7ccc(c2c37)C1=O)c64)C(=O)N(c1c(C(C)C)cccc1C(C)C)C5=O. The lowest BCUT2D eigenvalue weighted by atomic mass is 9.80. The molecule has 91 heavy (non-hydrogen) atoms. The maximum absolute atomic E-state index is 16.5. The van der Waals surface area contributed by atoms with E-state index < -0.39 is 23.6 Å². The molecule has 13 aromatic rings. The predicted molar refractivity (Wildman–Crippen MR) is 369 cm³/mol. The van der Waals surface area contributed by atoms with Crippen LogP contribution in [-0.2, 0) is 6.42 Å². The molecule has 0 fully saturated rings. The van der Waals surface area contributed by atoms with Gasteiger partial charge in [-0.15, -0.1) is 0 Å². The van der Waals surface area contributed by atoms with Crippen molar-refractivity contribution in [3.8, 4) is 67.5 Å². The second-order valence-electron chi connectivity index (χ2n) is 24.8. The molecule has 0 unspecified atom stereocenters. The van der Waals surface area contributed by atoms with Crippen LogP contribution in [0.4, 0.5) is 11.4 Å². The number of benzene rings is 13. The van der Waals surface area contributed by atoms with E-state index in [0.717, 1.165) is 66.8 Å². The van der Waals surface area contributed by atoms with Crippen LogP contribution in [0, 0.1) is 0 Å². The first-order chi connectivity index (χ1) is 44.3. The van der Waals surface area contributed by atoms with Gasteiger partial charge in [-0.05, 0) is 109 Å². The van der Waals surface area contributed by atoms with Crippen LogP contribution in [0.2, 0.25) is 0 Å². The van der Waals surface area contributed by atoms with Crippen molar-refractivity contribution in [2.75, 3.05) is 9.80 Å². The van der Waals surface area contributed by atoms with Gasteiger partial charge in [0.05, 0.1) is 22.5 Å². The second-order valence-corrected chi connectivity index (χ2v) is 24.8. The number of ether oxygens (including phenoxy) is 2. The van der Waals surface area contributed by atoms with E-state index in [1.54, 1.807) is 0 Å². The van der Waals surface area contributed by atoms with Crippen molar-refractivity contribution in [2.45, 2.75) is 72.6 Å². The summed E-state index contributed by atoms with van der Waals surface area (Å²) in [6.45, 7) is 14.5. The molecule has 0 saturated heterocycles. The summed E-state index contributed by atoms with van der Waals surface area (Å²) < 4.78 is 15.6. The normalized spacial score (nSPS) is 13.2. The highest BCUT2D eigenvalue weighted by molar-refractivity contribution is 6.47. The quantitative estimate of drug-likeness (QED) is 0.0612. The highest BCUT2D eigenvalue weighted by atomic mass is 16.5. The molecule has 8 nitrogen and oxygen atoms in total. The minimum Gasteiger partial charge on any atom is -0.455 e. The molecule has 2 heterocycles. The first-order valence-electron chi connectivity index (χ1n) is 31.5. The number of rotatable bonds is 14. The molecule has 8 heteroatoms. The van der Waals surface area contributed by atoms with Gasteiger partial charge >= 0.3 is 0 Å². The van der Waals surface area contributed by atoms with Gasteiger partial charge in [0.15, 0.2) is 0 Å². The number of nitrogens with zero attached hydrogens (tertiary/aromatic N) is 2. The van der Waals surface area contributed by atoms with E-state index in [1.807, 2.05) is 189 Å². The van der Waals surface area contributed by atoms with Crippen LogP contribution in [0.15, 0.2) is 231 Å². The summed E-state index contributed by atoms with van der Waals surface area (Å²) in [4.78, 5) is 67.4. The molecule has 15 rings (SSSR count). The van der Waals surface area contributed by atoms with E-state index in [4.69, 9.17) is 9.47 Å². The smallest absolute Gasteiger partial charge is 0.266 e.